The fraction of sp³-hybridized carbons (Fsp3) is 0.350. The summed E-state index contributed by atoms with van der Waals surface area (Å²) in [4.78, 5) is 6.22. The van der Waals surface area contributed by atoms with Gasteiger partial charge in [-0.3, -0.25) is 4.99 Å². The number of hydrogen-bond acceptors (Lipinski definition) is 3. The van der Waals surface area contributed by atoms with Crippen LogP contribution in [-0.4, -0.2) is 45.7 Å². The maximum Gasteiger partial charge on any atom is 0.213 e. The number of aliphatic imine (C=N–C) groups is 1. The number of guanidine groups is 1. The lowest BCUT2D eigenvalue weighted by Crippen LogP contribution is -2.41. The van der Waals surface area contributed by atoms with Crippen LogP contribution in [-0.2, 0) is 23.1 Å². The molecule has 2 rings (SSSR count). The number of nitrogens with one attached hydrogen (secondary N) is 2. The van der Waals surface area contributed by atoms with Crippen LogP contribution in [0.1, 0.15) is 16.7 Å². The lowest BCUT2D eigenvalue weighted by atomic mass is 10.1. The Labute approximate surface area is 185 Å². The van der Waals surface area contributed by atoms with E-state index in [4.69, 9.17) is 0 Å². The summed E-state index contributed by atoms with van der Waals surface area (Å²) in [6, 6.07) is 17.6. The molecule has 154 valence electrons. The SMILES string of the molecule is CN=C(NCCS(=O)(=O)NCc1ccccc1)N(C)Cc1ccccc1C.I. The highest BCUT2D eigenvalue weighted by Crippen LogP contribution is 2.09. The van der Waals surface area contributed by atoms with Crippen LogP contribution in [0, 0.1) is 6.92 Å². The van der Waals surface area contributed by atoms with E-state index in [9.17, 15) is 8.42 Å². The van der Waals surface area contributed by atoms with Crippen molar-refractivity contribution in [3.63, 3.8) is 0 Å². The van der Waals surface area contributed by atoms with Gasteiger partial charge in [-0.15, -0.1) is 24.0 Å². The molecule has 6 nitrogen and oxygen atoms in total. The van der Waals surface area contributed by atoms with Gasteiger partial charge in [-0.05, 0) is 23.6 Å². The van der Waals surface area contributed by atoms with Gasteiger partial charge >= 0.3 is 0 Å². The van der Waals surface area contributed by atoms with Crippen molar-refractivity contribution in [1.29, 1.82) is 0 Å². The summed E-state index contributed by atoms with van der Waals surface area (Å²) in [7, 11) is 0.267. The number of nitrogens with zero attached hydrogens (tertiary/aromatic N) is 2. The van der Waals surface area contributed by atoms with E-state index in [1.54, 1.807) is 7.05 Å². The number of rotatable bonds is 8. The van der Waals surface area contributed by atoms with Crippen LogP contribution in [0.5, 0.6) is 0 Å². The molecule has 0 saturated heterocycles. The highest BCUT2D eigenvalue weighted by molar-refractivity contribution is 14.0. The second-order valence-corrected chi connectivity index (χ2v) is 8.31. The lowest BCUT2D eigenvalue weighted by Gasteiger charge is -2.23. The van der Waals surface area contributed by atoms with Crippen LogP contribution in [0.2, 0.25) is 0 Å². The number of sulfonamides is 1. The molecular formula is C20H29IN4O2S. The van der Waals surface area contributed by atoms with Crippen LogP contribution >= 0.6 is 24.0 Å². The minimum absolute atomic E-state index is 0. The van der Waals surface area contributed by atoms with Gasteiger partial charge in [0, 0.05) is 33.7 Å². The Balaban J connectivity index is 0.00000392. The maximum absolute atomic E-state index is 12.2. The molecule has 0 saturated carbocycles. The molecule has 0 fully saturated rings. The Kier molecular flexibility index (Phi) is 10.5. The number of halogens is 1. The minimum atomic E-state index is -3.36. The van der Waals surface area contributed by atoms with Crippen LogP contribution < -0.4 is 10.0 Å². The first-order chi connectivity index (χ1) is 12.9. The normalized spacial score (nSPS) is 11.6. The molecule has 0 amide bonds. The molecule has 0 aliphatic heterocycles. The molecule has 0 aliphatic carbocycles. The molecule has 0 heterocycles. The number of aryl methyl sites for hydroxylation is 1. The molecule has 0 unspecified atom stereocenters. The highest BCUT2D eigenvalue weighted by Gasteiger charge is 2.12. The molecule has 0 aliphatic rings. The van der Waals surface area contributed by atoms with Gasteiger partial charge in [0.1, 0.15) is 0 Å². The molecule has 0 radical (unpaired) electrons. The molecular weight excluding hydrogens is 487 g/mol. The maximum atomic E-state index is 12.2. The first-order valence-corrected chi connectivity index (χ1v) is 10.5. The smallest absolute Gasteiger partial charge is 0.213 e. The van der Waals surface area contributed by atoms with Crippen molar-refractivity contribution >= 4 is 40.0 Å². The van der Waals surface area contributed by atoms with Crippen molar-refractivity contribution in [2.45, 2.75) is 20.0 Å². The van der Waals surface area contributed by atoms with E-state index >= 15 is 0 Å². The topological polar surface area (TPSA) is 73.8 Å². The molecule has 0 aromatic heterocycles. The summed E-state index contributed by atoms with van der Waals surface area (Å²) >= 11 is 0. The lowest BCUT2D eigenvalue weighted by molar-refractivity contribution is 0.477. The monoisotopic (exact) mass is 516 g/mol. The number of hydrogen-bond donors (Lipinski definition) is 2. The molecule has 2 aromatic rings. The summed E-state index contributed by atoms with van der Waals surface area (Å²) in [5.41, 5.74) is 3.36. The molecule has 0 atom stereocenters. The Morgan fingerprint density at radius 3 is 2.36 bits per heavy atom. The quantitative estimate of drug-likeness (QED) is 0.322. The van der Waals surface area contributed by atoms with Gasteiger partial charge in [-0.2, -0.15) is 0 Å². The van der Waals surface area contributed by atoms with Gasteiger partial charge in [-0.25, -0.2) is 13.1 Å². The summed E-state index contributed by atoms with van der Waals surface area (Å²) in [5.74, 6) is 0.647. The van der Waals surface area contributed by atoms with E-state index in [2.05, 4.69) is 34.1 Å². The van der Waals surface area contributed by atoms with Crippen LogP contribution in [0.3, 0.4) is 0 Å². The second kappa shape index (κ2) is 12.0. The van der Waals surface area contributed by atoms with Gasteiger partial charge in [0.25, 0.3) is 0 Å². The Bertz CT molecular complexity index is 858. The van der Waals surface area contributed by atoms with E-state index in [1.165, 1.54) is 11.1 Å². The second-order valence-electron chi connectivity index (χ2n) is 6.38. The first kappa shape index (κ1) is 24.4. The molecule has 2 N–H and O–H groups in total. The zero-order valence-corrected chi connectivity index (χ0v) is 19.7. The zero-order chi connectivity index (χ0) is 19.7. The summed E-state index contributed by atoms with van der Waals surface area (Å²) in [6.07, 6.45) is 0. The van der Waals surface area contributed by atoms with E-state index in [1.807, 2.05) is 54.4 Å². The molecule has 8 heteroatoms. The van der Waals surface area contributed by atoms with Gasteiger partial charge in [-0.1, -0.05) is 54.6 Å². The average Bonchev–Trinajstić information content (AvgIpc) is 2.66. The van der Waals surface area contributed by atoms with Gasteiger partial charge in [0.15, 0.2) is 5.96 Å². The van der Waals surface area contributed by atoms with E-state index < -0.39 is 10.0 Å². The first-order valence-electron chi connectivity index (χ1n) is 8.89. The fourth-order valence-corrected chi connectivity index (χ4v) is 3.56. The predicted molar refractivity (Wildman–Crippen MR) is 126 cm³/mol. The standard InChI is InChI=1S/C20H28N4O2S.HI/c1-17-9-7-8-12-19(17)16-24(3)20(21-2)22-13-14-27(25,26)23-15-18-10-5-4-6-11-18;/h4-12,23H,13-16H2,1-3H3,(H,21,22);1H. The Morgan fingerprint density at radius 2 is 1.71 bits per heavy atom. The van der Waals surface area contributed by atoms with Crippen molar-refractivity contribution in [3.05, 3.63) is 71.3 Å². The van der Waals surface area contributed by atoms with Gasteiger partial charge in [0.2, 0.25) is 10.0 Å². The Hall–Kier alpha value is -1.65. The Morgan fingerprint density at radius 1 is 1.07 bits per heavy atom. The fourth-order valence-electron chi connectivity index (χ4n) is 2.66. The molecule has 28 heavy (non-hydrogen) atoms. The van der Waals surface area contributed by atoms with Crippen molar-refractivity contribution in [2.75, 3.05) is 26.4 Å². The van der Waals surface area contributed by atoms with Crippen molar-refractivity contribution in [3.8, 4) is 0 Å². The third kappa shape index (κ3) is 8.15. The van der Waals surface area contributed by atoms with E-state index in [0.717, 1.165) is 5.56 Å². The van der Waals surface area contributed by atoms with Crippen LogP contribution in [0.15, 0.2) is 59.6 Å². The largest absolute Gasteiger partial charge is 0.355 e. The number of benzene rings is 2. The van der Waals surface area contributed by atoms with Crippen molar-refractivity contribution < 1.29 is 8.42 Å². The van der Waals surface area contributed by atoms with Crippen molar-refractivity contribution in [2.24, 2.45) is 4.99 Å². The average molecular weight is 516 g/mol. The minimum Gasteiger partial charge on any atom is -0.355 e. The molecule has 2 aromatic carbocycles. The summed E-state index contributed by atoms with van der Waals surface area (Å²) in [6.45, 7) is 3.36. The van der Waals surface area contributed by atoms with Crippen LogP contribution in [0.25, 0.3) is 0 Å². The van der Waals surface area contributed by atoms with E-state index in [-0.39, 0.29) is 36.3 Å². The van der Waals surface area contributed by atoms with Gasteiger partial charge < -0.3 is 10.2 Å². The summed E-state index contributed by atoms with van der Waals surface area (Å²) < 4.78 is 27.0. The van der Waals surface area contributed by atoms with E-state index in [0.29, 0.717) is 19.0 Å². The van der Waals surface area contributed by atoms with Crippen molar-refractivity contribution in [1.82, 2.24) is 14.9 Å². The molecule has 0 bridgehead atoms. The highest BCUT2D eigenvalue weighted by atomic mass is 127. The third-order valence-corrected chi connectivity index (χ3v) is 5.56. The van der Waals surface area contributed by atoms with Crippen LogP contribution in [0.4, 0.5) is 0 Å². The zero-order valence-electron chi connectivity index (χ0n) is 16.6. The predicted octanol–water partition coefficient (Wildman–Crippen LogP) is 2.74. The third-order valence-electron chi connectivity index (χ3n) is 4.24. The molecule has 0 spiro atoms. The summed E-state index contributed by atoms with van der Waals surface area (Å²) in [5, 5.41) is 3.12. The van der Waals surface area contributed by atoms with Gasteiger partial charge in [0.05, 0.1) is 5.75 Å².